The standard InChI is InChI=1S/C15H30N2/c1-4-15(10-6-7-11-16-15)14-9-5-8-12-17(14)13(2)3/h13-14,16H,4-12H2,1-3H3. The lowest BCUT2D eigenvalue weighted by Gasteiger charge is -2.52. The first-order valence-corrected chi connectivity index (χ1v) is 7.70. The van der Waals surface area contributed by atoms with Gasteiger partial charge in [0.25, 0.3) is 0 Å². The summed E-state index contributed by atoms with van der Waals surface area (Å²) in [5, 5.41) is 3.90. The molecule has 2 heterocycles. The van der Waals surface area contributed by atoms with E-state index in [4.69, 9.17) is 0 Å². The monoisotopic (exact) mass is 238 g/mol. The molecule has 17 heavy (non-hydrogen) atoms. The van der Waals surface area contributed by atoms with Crippen LogP contribution in [0, 0.1) is 0 Å². The van der Waals surface area contributed by atoms with Crippen LogP contribution in [0.15, 0.2) is 0 Å². The maximum Gasteiger partial charge on any atom is 0.0334 e. The summed E-state index contributed by atoms with van der Waals surface area (Å²) in [6.45, 7) is 9.66. The highest BCUT2D eigenvalue weighted by Gasteiger charge is 2.42. The van der Waals surface area contributed by atoms with Gasteiger partial charge in [0.05, 0.1) is 0 Å². The average Bonchev–Trinajstić information content (AvgIpc) is 2.39. The molecular formula is C15H30N2. The van der Waals surface area contributed by atoms with E-state index in [-0.39, 0.29) is 0 Å². The fraction of sp³-hybridized carbons (Fsp3) is 1.00. The molecule has 2 aliphatic heterocycles. The molecule has 0 bridgehead atoms. The summed E-state index contributed by atoms with van der Waals surface area (Å²) in [5.74, 6) is 0. The molecule has 2 aliphatic rings. The van der Waals surface area contributed by atoms with E-state index < -0.39 is 0 Å². The van der Waals surface area contributed by atoms with Gasteiger partial charge >= 0.3 is 0 Å². The van der Waals surface area contributed by atoms with Crippen molar-refractivity contribution in [3.63, 3.8) is 0 Å². The second kappa shape index (κ2) is 5.71. The molecule has 2 atom stereocenters. The zero-order valence-electron chi connectivity index (χ0n) is 12.0. The van der Waals surface area contributed by atoms with Crippen LogP contribution in [-0.4, -0.2) is 35.6 Å². The van der Waals surface area contributed by atoms with Gasteiger partial charge < -0.3 is 5.32 Å². The fourth-order valence-electron chi connectivity index (χ4n) is 3.98. The van der Waals surface area contributed by atoms with Gasteiger partial charge in [0, 0.05) is 17.6 Å². The van der Waals surface area contributed by atoms with Crippen LogP contribution in [0.25, 0.3) is 0 Å². The molecule has 0 aromatic rings. The maximum atomic E-state index is 3.90. The van der Waals surface area contributed by atoms with Gasteiger partial charge in [-0.05, 0) is 59.0 Å². The average molecular weight is 238 g/mol. The highest BCUT2D eigenvalue weighted by molar-refractivity contribution is 5.02. The Kier molecular flexibility index (Phi) is 4.48. The second-order valence-electron chi connectivity index (χ2n) is 6.24. The van der Waals surface area contributed by atoms with Gasteiger partial charge in [0.2, 0.25) is 0 Å². The van der Waals surface area contributed by atoms with Crippen LogP contribution >= 0.6 is 0 Å². The molecule has 2 unspecified atom stereocenters. The quantitative estimate of drug-likeness (QED) is 0.812. The number of likely N-dealkylation sites (tertiary alicyclic amines) is 1. The molecule has 0 amide bonds. The Morgan fingerprint density at radius 1 is 1.24 bits per heavy atom. The molecular weight excluding hydrogens is 208 g/mol. The number of nitrogens with one attached hydrogen (secondary N) is 1. The van der Waals surface area contributed by atoms with Crippen molar-refractivity contribution in [2.24, 2.45) is 0 Å². The van der Waals surface area contributed by atoms with E-state index in [2.05, 4.69) is 31.0 Å². The Labute approximate surface area is 107 Å². The molecule has 0 aromatic heterocycles. The van der Waals surface area contributed by atoms with E-state index in [9.17, 15) is 0 Å². The predicted octanol–water partition coefficient (Wildman–Crippen LogP) is 3.17. The number of nitrogens with zero attached hydrogens (tertiary/aromatic N) is 1. The molecule has 0 radical (unpaired) electrons. The molecule has 2 heteroatoms. The van der Waals surface area contributed by atoms with Crippen molar-refractivity contribution in [2.75, 3.05) is 13.1 Å². The minimum absolute atomic E-state index is 0.420. The van der Waals surface area contributed by atoms with Crippen molar-refractivity contribution >= 4 is 0 Å². The van der Waals surface area contributed by atoms with Gasteiger partial charge in [-0.15, -0.1) is 0 Å². The molecule has 2 nitrogen and oxygen atoms in total. The van der Waals surface area contributed by atoms with Gasteiger partial charge in [-0.2, -0.15) is 0 Å². The SMILES string of the molecule is CCC1(C2CCCCN2C(C)C)CCCCN1. The van der Waals surface area contributed by atoms with Crippen molar-refractivity contribution in [3.8, 4) is 0 Å². The third-order valence-electron chi connectivity index (χ3n) is 5.00. The second-order valence-corrected chi connectivity index (χ2v) is 6.24. The lowest BCUT2D eigenvalue weighted by molar-refractivity contribution is 0.0219. The highest BCUT2D eigenvalue weighted by atomic mass is 15.2. The van der Waals surface area contributed by atoms with Gasteiger partial charge in [0.15, 0.2) is 0 Å². The number of hydrogen-bond donors (Lipinski definition) is 1. The first kappa shape index (κ1) is 13.4. The summed E-state index contributed by atoms with van der Waals surface area (Å²) in [6.07, 6.45) is 9.70. The fourth-order valence-corrected chi connectivity index (χ4v) is 3.98. The lowest BCUT2D eigenvalue weighted by Crippen LogP contribution is -2.64. The van der Waals surface area contributed by atoms with Crippen molar-refractivity contribution < 1.29 is 0 Å². The van der Waals surface area contributed by atoms with Crippen LogP contribution < -0.4 is 5.32 Å². The molecule has 1 N–H and O–H groups in total. The largest absolute Gasteiger partial charge is 0.310 e. The summed E-state index contributed by atoms with van der Waals surface area (Å²) >= 11 is 0. The summed E-state index contributed by atoms with van der Waals surface area (Å²) in [6, 6.07) is 1.48. The van der Waals surface area contributed by atoms with Gasteiger partial charge in [-0.25, -0.2) is 0 Å². The zero-order valence-corrected chi connectivity index (χ0v) is 12.0. The van der Waals surface area contributed by atoms with Crippen molar-refractivity contribution in [1.29, 1.82) is 0 Å². The first-order chi connectivity index (χ1) is 8.19. The predicted molar refractivity (Wildman–Crippen MR) is 74.4 cm³/mol. The molecule has 2 saturated heterocycles. The normalized spacial score (nSPS) is 36.4. The van der Waals surface area contributed by atoms with Crippen LogP contribution in [0.3, 0.4) is 0 Å². The minimum atomic E-state index is 0.420. The maximum absolute atomic E-state index is 3.90. The van der Waals surface area contributed by atoms with Gasteiger partial charge in [0.1, 0.15) is 0 Å². The Morgan fingerprint density at radius 3 is 2.65 bits per heavy atom. The Balaban J connectivity index is 2.15. The molecule has 0 aromatic carbocycles. The number of rotatable bonds is 3. The molecule has 0 aliphatic carbocycles. The van der Waals surface area contributed by atoms with Crippen LogP contribution in [0.4, 0.5) is 0 Å². The van der Waals surface area contributed by atoms with Crippen LogP contribution in [0.1, 0.15) is 65.7 Å². The summed E-state index contributed by atoms with van der Waals surface area (Å²) in [4.78, 5) is 2.77. The lowest BCUT2D eigenvalue weighted by atomic mass is 9.75. The smallest absolute Gasteiger partial charge is 0.0334 e. The third-order valence-corrected chi connectivity index (χ3v) is 5.00. The molecule has 100 valence electrons. The first-order valence-electron chi connectivity index (χ1n) is 7.70. The summed E-state index contributed by atoms with van der Waals surface area (Å²) in [7, 11) is 0. The van der Waals surface area contributed by atoms with Crippen molar-refractivity contribution in [3.05, 3.63) is 0 Å². The third kappa shape index (κ3) is 2.68. The van der Waals surface area contributed by atoms with Crippen LogP contribution in [-0.2, 0) is 0 Å². The molecule has 2 rings (SSSR count). The number of piperidine rings is 2. The van der Waals surface area contributed by atoms with E-state index in [1.165, 1.54) is 58.0 Å². The van der Waals surface area contributed by atoms with E-state index in [0.717, 1.165) is 6.04 Å². The highest BCUT2D eigenvalue weighted by Crippen LogP contribution is 2.35. The van der Waals surface area contributed by atoms with Crippen molar-refractivity contribution in [1.82, 2.24) is 10.2 Å². The van der Waals surface area contributed by atoms with Gasteiger partial charge in [-0.3, -0.25) is 4.90 Å². The Morgan fingerprint density at radius 2 is 2.06 bits per heavy atom. The Bertz CT molecular complexity index is 231. The summed E-state index contributed by atoms with van der Waals surface area (Å²) < 4.78 is 0. The topological polar surface area (TPSA) is 15.3 Å². The van der Waals surface area contributed by atoms with Crippen LogP contribution in [0.5, 0.6) is 0 Å². The minimum Gasteiger partial charge on any atom is -0.310 e. The Hall–Kier alpha value is -0.0800. The summed E-state index contributed by atoms with van der Waals surface area (Å²) in [5.41, 5.74) is 0.420. The van der Waals surface area contributed by atoms with Gasteiger partial charge in [-0.1, -0.05) is 19.8 Å². The van der Waals surface area contributed by atoms with E-state index in [1.54, 1.807) is 0 Å². The van der Waals surface area contributed by atoms with Crippen LogP contribution in [0.2, 0.25) is 0 Å². The molecule has 0 saturated carbocycles. The van der Waals surface area contributed by atoms with E-state index in [1.807, 2.05) is 0 Å². The number of hydrogen-bond acceptors (Lipinski definition) is 2. The molecule has 2 fully saturated rings. The molecule has 0 spiro atoms. The van der Waals surface area contributed by atoms with E-state index >= 15 is 0 Å². The zero-order chi connectivity index (χ0) is 12.3. The van der Waals surface area contributed by atoms with Crippen molar-refractivity contribution in [2.45, 2.75) is 83.3 Å². The van der Waals surface area contributed by atoms with E-state index in [0.29, 0.717) is 11.6 Å².